The third kappa shape index (κ3) is 4.02. The van der Waals surface area contributed by atoms with Crippen molar-refractivity contribution >= 4 is 5.78 Å². The van der Waals surface area contributed by atoms with E-state index < -0.39 is 0 Å². The number of hydrogen-bond donors (Lipinski definition) is 1. The zero-order valence-electron chi connectivity index (χ0n) is 13.3. The first-order valence-electron chi connectivity index (χ1n) is 7.71. The highest BCUT2D eigenvalue weighted by Gasteiger charge is 2.09. The molecular weight excluding hydrogens is 320 g/mol. The molecule has 0 aliphatic rings. The predicted molar refractivity (Wildman–Crippen MR) is 91.5 cm³/mol. The summed E-state index contributed by atoms with van der Waals surface area (Å²) in [6.07, 6.45) is 1.18. The van der Waals surface area contributed by atoms with Crippen LogP contribution in [-0.2, 0) is 13.2 Å². The summed E-state index contributed by atoms with van der Waals surface area (Å²) in [6, 6.07) is 17.3. The Bertz CT molecular complexity index is 911. The zero-order valence-corrected chi connectivity index (χ0v) is 13.3. The Labute approximate surface area is 144 Å². The molecule has 0 fully saturated rings. The molecule has 3 rings (SSSR count). The SMILES string of the molecule is O=C(c1ccccc1)c1ccc(COc2coc(CO)cc2=O)cc1. The minimum atomic E-state index is -0.355. The summed E-state index contributed by atoms with van der Waals surface area (Å²) in [6.45, 7) is -0.171. The van der Waals surface area contributed by atoms with Crippen molar-refractivity contribution < 1.29 is 19.1 Å². The second kappa shape index (κ2) is 7.59. The van der Waals surface area contributed by atoms with E-state index in [4.69, 9.17) is 14.3 Å². The third-order valence-corrected chi connectivity index (χ3v) is 3.65. The lowest BCUT2D eigenvalue weighted by Crippen LogP contribution is -2.08. The summed E-state index contributed by atoms with van der Waals surface area (Å²) in [7, 11) is 0. The molecule has 25 heavy (non-hydrogen) atoms. The van der Waals surface area contributed by atoms with Gasteiger partial charge in [0.15, 0.2) is 5.78 Å². The highest BCUT2D eigenvalue weighted by molar-refractivity contribution is 6.08. The molecule has 5 nitrogen and oxygen atoms in total. The topological polar surface area (TPSA) is 76.7 Å². The zero-order chi connectivity index (χ0) is 17.6. The van der Waals surface area contributed by atoms with Crippen LogP contribution in [0.15, 0.2) is 76.1 Å². The number of ether oxygens (including phenoxy) is 1. The van der Waals surface area contributed by atoms with Gasteiger partial charge in [0.25, 0.3) is 0 Å². The highest BCUT2D eigenvalue weighted by atomic mass is 16.5. The number of aliphatic hydroxyl groups is 1. The van der Waals surface area contributed by atoms with E-state index in [0.717, 1.165) is 5.56 Å². The summed E-state index contributed by atoms with van der Waals surface area (Å²) in [4.78, 5) is 24.1. The molecule has 1 aromatic heterocycles. The van der Waals surface area contributed by atoms with Crippen LogP contribution in [0.25, 0.3) is 0 Å². The molecule has 0 aliphatic carbocycles. The van der Waals surface area contributed by atoms with Gasteiger partial charge in [0, 0.05) is 17.2 Å². The largest absolute Gasteiger partial charge is 0.482 e. The molecular formula is C20H16O5. The Morgan fingerprint density at radius 3 is 2.32 bits per heavy atom. The van der Waals surface area contributed by atoms with Crippen LogP contribution in [0.4, 0.5) is 0 Å². The van der Waals surface area contributed by atoms with E-state index in [1.807, 2.05) is 18.2 Å². The number of carbonyl (C=O) groups is 1. The molecule has 126 valence electrons. The first-order chi connectivity index (χ1) is 12.2. The number of benzene rings is 2. The molecule has 0 saturated heterocycles. The van der Waals surface area contributed by atoms with Gasteiger partial charge in [0.2, 0.25) is 11.2 Å². The van der Waals surface area contributed by atoms with Gasteiger partial charge in [-0.05, 0) is 5.56 Å². The van der Waals surface area contributed by atoms with Crippen LogP contribution in [-0.4, -0.2) is 10.9 Å². The summed E-state index contributed by atoms with van der Waals surface area (Å²) in [5.74, 6) is 0.205. The summed E-state index contributed by atoms with van der Waals surface area (Å²) >= 11 is 0. The smallest absolute Gasteiger partial charge is 0.227 e. The van der Waals surface area contributed by atoms with Crippen molar-refractivity contribution in [3.8, 4) is 5.75 Å². The van der Waals surface area contributed by atoms with Crippen molar-refractivity contribution in [1.82, 2.24) is 0 Å². The molecule has 1 N–H and O–H groups in total. The molecule has 0 spiro atoms. The standard InChI is InChI=1S/C20H16O5/c21-11-17-10-18(22)19(13-24-17)25-12-14-6-8-16(9-7-14)20(23)15-4-2-1-3-5-15/h1-10,13,21H,11-12H2. The fourth-order valence-electron chi connectivity index (χ4n) is 2.30. The molecule has 0 aliphatic heterocycles. The molecule has 0 atom stereocenters. The lowest BCUT2D eigenvalue weighted by atomic mass is 10.0. The van der Waals surface area contributed by atoms with Gasteiger partial charge in [-0.1, -0.05) is 54.6 Å². The monoisotopic (exact) mass is 336 g/mol. The third-order valence-electron chi connectivity index (χ3n) is 3.65. The summed E-state index contributed by atoms with van der Waals surface area (Å²) in [5, 5.41) is 8.91. The normalized spacial score (nSPS) is 10.4. The van der Waals surface area contributed by atoms with Crippen LogP contribution in [0.3, 0.4) is 0 Å². The van der Waals surface area contributed by atoms with Crippen molar-refractivity contribution in [3.05, 3.63) is 99.6 Å². The van der Waals surface area contributed by atoms with Gasteiger partial charge in [0.1, 0.15) is 25.2 Å². The molecule has 0 radical (unpaired) electrons. The Morgan fingerprint density at radius 1 is 1.00 bits per heavy atom. The quantitative estimate of drug-likeness (QED) is 0.700. The van der Waals surface area contributed by atoms with Crippen LogP contribution in [0.1, 0.15) is 27.2 Å². The molecule has 0 amide bonds. The van der Waals surface area contributed by atoms with Crippen molar-refractivity contribution in [2.24, 2.45) is 0 Å². The summed E-state index contributed by atoms with van der Waals surface area (Å²) < 4.78 is 10.5. The Kier molecular flexibility index (Phi) is 5.06. The van der Waals surface area contributed by atoms with E-state index in [9.17, 15) is 9.59 Å². The fourth-order valence-corrected chi connectivity index (χ4v) is 2.30. The van der Waals surface area contributed by atoms with E-state index >= 15 is 0 Å². The lowest BCUT2D eigenvalue weighted by molar-refractivity contribution is 0.103. The first-order valence-corrected chi connectivity index (χ1v) is 7.71. The molecule has 0 unspecified atom stereocenters. The van der Waals surface area contributed by atoms with E-state index in [0.29, 0.717) is 11.1 Å². The Balaban J connectivity index is 1.67. The number of aliphatic hydroxyl groups excluding tert-OH is 1. The molecule has 5 heteroatoms. The van der Waals surface area contributed by atoms with Gasteiger partial charge in [-0.3, -0.25) is 9.59 Å². The van der Waals surface area contributed by atoms with Crippen molar-refractivity contribution in [1.29, 1.82) is 0 Å². The maximum Gasteiger partial charge on any atom is 0.227 e. The van der Waals surface area contributed by atoms with Crippen molar-refractivity contribution in [2.75, 3.05) is 0 Å². The molecule has 0 saturated carbocycles. The average molecular weight is 336 g/mol. The Hall–Kier alpha value is -3.18. The minimum Gasteiger partial charge on any atom is -0.482 e. The number of hydrogen-bond acceptors (Lipinski definition) is 5. The maximum atomic E-state index is 12.3. The number of rotatable bonds is 6. The van der Waals surface area contributed by atoms with Crippen LogP contribution >= 0.6 is 0 Å². The van der Waals surface area contributed by atoms with E-state index in [1.54, 1.807) is 36.4 Å². The predicted octanol–water partition coefficient (Wildman–Crippen LogP) is 2.94. The summed E-state index contributed by atoms with van der Waals surface area (Å²) in [5.41, 5.74) is 1.68. The fraction of sp³-hybridized carbons (Fsp3) is 0.100. The van der Waals surface area contributed by atoms with Gasteiger partial charge in [-0.2, -0.15) is 0 Å². The second-order valence-corrected chi connectivity index (χ2v) is 5.41. The van der Waals surface area contributed by atoms with E-state index in [1.165, 1.54) is 12.3 Å². The average Bonchev–Trinajstić information content (AvgIpc) is 2.67. The van der Waals surface area contributed by atoms with E-state index in [-0.39, 0.29) is 35.9 Å². The van der Waals surface area contributed by atoms with Crippen LogP contribution < -0.4 is 10.2 Å². The maximum absolute atomic E-state index is 12.3. The lowest BCUT2D eigenvalue weighted by Gasteiger charge is -2.07. The number of ketones is 1. The van der Waals surface area contributed by atoms with E-state index in [2.05, 4.69) is 0 Å². The molecule has 0 bridgehead atoms. The van der Waals surface area contributed by atoms with Crippen molar-refractivity contribution in [3.63, 3.8) is 0 Å². The van der Waals surface area contributed by atoms with Gasteiger partial charge < -0.3 is 14.3 Å². The molecule has 3 aromatic rings. The first kappa shape index (κ1) is 16.7. The molecule has 1 heterocycles. The second-order valence-electron chi connectivity index (χ2n) is 5.41. The minimum absolute atomic E-state index is 0.0479. The van der Waals surface area contributed by atoms with Crippen molar-refractivity contribution in [2.45, 2.75) is 13.2 Å². The van der Waals surface area contributed by atoms with Crippen LogP contribution in [0.5, 0.6) is 5.75 Å². The Morgan fingerprint density at radius 2 is 1.68 bits per heavy atom. The van der Waals surface area contributed by atoms with Gasteiger partial charge in [0.05, 0.1) is 0 Å². The molecule has 2 aromatic carbocycles. The number of carbonyl (C=O) groups excluding carboxylic acids is 1. The van der Waals surface area contributed by atoms with Gasteiger partial charge in [-0.15, -0.1) is 0 Å². The highest BCUT2D eigenvalue weighted by Crippen LogP contribution is 2.13. The van der Waals surface area contributed by atoms with Gasteiger partial charge >= 0.3 is 0 Å². The van der Waals surface area contributed by atoms with Gasteiger partial charge in [-0.25, -0.2) is 0 Å². The van der Waals surface area contributed by atoms with Crippen LogP contribution in [0.2, 0.25) is 0 Å². The van der Waals surface area contributed by atoms with Crippen LogP contribution in [0, 0.1) is 0 Å².